The molecular formula is C25H30ClFN2O4S. The Morgan fingerprint density at radius 2 is 1.85 bits per heavy atom. The van der Waals surface area contributed by atoms with Crippen molar-refractivity contribution in [1.29, 1.82) is 0 Å². The van der Waals surface area contributed by atoms with Gasteiger partial charge in [0.05, 0.1) is 21.2 Å². The Labute approximate surface area is 205 Å². The first-order valence-electron chi connectivity index (χ1n) is 11.5. The smallest absolute Gasteiger partial charge is 0.268 e. The number of hydrogen-bond donors (Lipinski definition) is 1. The molecule has 184 valence electrons. The molecule has 0 spiro atoms. The van der Waals surface area contributed by atoms with E-state index in [1.54, 1.807) is 6.92 Å². The lowest BCUT2D eigenvalue weighted by atomic mass is 9.78. The summed E-state index contributed by atoms with van der Waals surface area (Å²) in [6.07, 6.45) is 2.88. The molecule has 0 radical (unpaired) electrons. The number of benzene rings is 2. The first-order chi connectivity index (χ1) is 15.9. The molecule has 1 atom stereocenters. The lowest BCUT2D eigenvalue weighted by Crippen LogP contribution is -2.50. The van der Waals surface area contributed by atoms with Crippen molar-refractivity contribution in [3.8, 4) is 0 Å². The fourth-order valence-electron chi connectivity index (χ4n) is 5.45. The summed E-state index contributed by atoms with van der Waals surface area (Å²) < 4.78 is 39.7. The van der Waals surface area contributed by atoms with Crippen molar-refractivity contribution in [2.45, 2.75) is 50.2 Å². The number of aryl methyl sites for hydroxylation is 1. The summed E-state index contributed by atoms with van der Waals surface area (Å²) in [7, 11) is -3.58. The van der Waals surface area contributed by atoms with Crippen LogP contribution in [0.1, 0.15) is 43.4 Å². The molecule has 1 amide bonds. The number of rotatable bonds is 7. The van der Waals surface area contributed by atoms with Gasteiger partial charge in [-0.3, -0.25) is 4.79 Å². The second-order valence-electron chi connectivity index (χ2n) is 9.34. The average molecular weight is 509 g/mol. The number of anilines is 1. The van der Waals surface area contributed by atoms with E-state index in [9.17, 15) is 22.7 Å². The highest BCUT2D eigenvalue weighted by molar-refractivity contribution is 7.90. The van der Waals surface area contributed by atoms with Gasteiger partial charge in [-0.25, -0.2) is 12.8 Å². The molecule has 1 fully saturated rings. The van der Waals surface area contributed by atoms with Crippen LogP contribution in [0.25, 0.3) is 0 Å². The molecule has 0 saturated heterocycles. The van der Waals surface area contributed by atoms with Crippen LogP contribution >= 0.6 is 11.6 Å². The first kappa shape index (κ1) is 25.1. The van der Waals surface area contributed by atoms with Gasteiger partial charge in [-0.2, -0.15) is 0 Å². The van der Waals surface area contributed by atoms with Gasteiger partial charge >= 0.3 is 0 Å². The van der Waals surface area contributed by atoms with Crippen LogP contribution in [0, 0.1) is 18.7 Å². The van der Waals surface area contributed by atoms with Crippen molar-refractivity contribution >= 4 is 33.0 Å². The van der Waals surface area contributed by atoms with Gasteiger partial charge in [0.1, 0.15) is 5.82 Å². The summed E-state index contributed by atoms with van der Waals surface area (Å²) in [4.78, 5) is 17.6. The molecule has 2 aromatic carbocycles. The molecule has 9 heteroatoms. The molecule has 2 aromatic rings. The summed E-state index contributed by atoms with van der Waals surface area (Å²) in [5, 5.41) is 11.8. The SMILES string of the molecule is CCN(CC)C1CC(CN2C(=O)C(O)(c3c(F)cccc3Cl)c3c(C)cc(S(C)(=O)=O)cc32)C1. The standard InChI is InChI=1S/C25H30ClFN2O4S/c1-5-28(6-2)17-11-16(12-17)14-29-21-13-18(34(4,32)33)10-15(3)22(21)25(31,24(29)30)23-19(26)8-7-9-20(23)27/h7-10,13,16-17,31H,5-6,11-12,14H2,1-4H3. The number of carbonyl (C=O) groups is 1. The summed E-state index contributed by atoms with van der Waals surface area (Å²) in [6.45, 7) is 8.05. The minimum Gasteiger partial charge on any atom is -0.372 e. The maximum Gasteiger partial charge on any atom is 0.268 e. The molecule has 0 bridgehead atoms. The zero-order chi connectivity index (χ0) is 25.0. The minimum atomic E-state index is -3.58. The van der Waals surface area contributed by atoms with Gasteiger partial charge in [0.25, 0.3) is 5.91 Å². The molecule has 1 unspecified atom stereocenters. The Morgan fingerprint density at radius 1 is 1.21 bits per heavy atom. The van der Waals surface area contributed by atoms with Gasteiger partial charge in [-0.05, 0) is 68.6 Å². The Kier molecular flexibility index (Phi) is 6.57. The number of nitrogens with zero attached hydrogens (tertiary/aromatic N) is 2. The largest absolute Gasteiger partial charge is 0.372 e. The number of carbonyl (C=O) groups excluding carboxylic acids is 1. The molecule has 2 aliphatic rings. The number of aliphatic hydroxyl groups is 1. The summed E-state index contributed by atoms with van der Waals surface area (Å²) in [6, 6.07) is 7.22. The summed E-state index contributed by atoms with van der Waals surface area (Å²) in [5.74, 6) is -1.33. The van der Waals surface area contributed by atoms with Gasteiger partial charge in [-0.1, -0.05) is 31.5 Å². The molecule has 1 saturated carbocycles. The number of halogens is 2. The lowest BCUT2D eigenvalue weighted by molar-refractivity contribution is -0.132. The van der Waals surface area contributed by atoms with Crippen LogP contribution in [0.2, 0.25) is 5.02 Å². The zero-order valence-electron chi connectivity index (χ0n) is 19.8. The van der Waals surface area contributed by atoms with Crippen molar-refractivity contribution in [2.75, 3.05) is 30.8 Å². The summed E-state index contributed by atoms with van der Waals surface area (Å²) >= 11 is 6.29. The van der Waals surface area contributed by atoms with E-state index < -0.39 is 27.2 Å². The van der Waals surface area contributed by atoms with Crippen LogP contribution in [0.15, 0.2) is 35.2 Å². The van der Waals surface area contributed by atoms with Crippen LogP contribution < -0.4 is 4.90 Å². The molecule has 6 nitrogen and oxygen atoms in total. The van der Waals surface area contributed by atoms with E-state index in [-0.39, 0.29) is 27.0 Å². The quantitative estimate of drug-likeness (QED) is 0.614. The Bertz CT molecular complexity index is 1220. The third kappa shape index (κ3) is 3.94. The van der Waals surface area contributed by atoms with Crippen LogP contribution in [0.3, 0.4) is 0 Å². The summed E-state index contributed by atoms with van der Waals surface area (Å²) in [5.41, 5.74) is -1.81. The van der Waals surface area contributed by atoms with E-state index in [1.807, 2.05) is 0 Å². The number of amides is 1. The minimum absolute atomic E-state index is 0.0417. The van der Waals surface area contributed by atoms with Gasteiger partial charge < -0.3 is 14.9 Å². The van der Waals surface area contributed by atoms with Crippen LogP contribution in [0.5, 0.6) is 0 Å². The highest BCUT2D eigenvalue weighted by atomic mass is 35.5. The third-order valence-electron chi connectivity index (χ3n) is 7.23. The van der Waals surface area contributed by atoms with E-state index >= 15 is 0 Å². The average Bonchev–Trinajstić information content (AvgIpc) is 2.94. The van der Waals surface area contributed by atoms with Crippen LogP contribution in [-0.4, -0.2) is 56.3 Å². The predicted octanol–water partition coefficient (Wildman–Crippen LogP) is 3.89. The van der Waals surface area contributed by atoms with E-state index in [1.165, 1.54) is 29.2 Å². The van der Waals surface area contributed by atoms with E-state index in [4.69, 9.17) is 11.6 Å². The monoisotopic (exact) mass is 508 g/mol. The molecule has 34 heavy (non-hydrogen) atoms. The molecule has 1 aliphatic heterocycles. The molecule has 0 aromatic heterocycles. The second-order valence-corrected chi connectivity index (χ2v) is 11.8. The topological polar surface area (TPSA) is 77.9 Å². The van der Waals surface area contributed by atoms with Crippen LogP contribution in [-0.2, 0) is 20.2 Å². The Hall–Kier alpha value is -2.00. The fourth-order valence-corrected chi connectivity index (χ4v) is 6.46. The molecule has 1 heterocycles. The predicted molar refractivity (Wildman–Crippen MR) is 130 cm³/mol. The van der Waals surface area contributed by atoms with Crippen molar-refractivity contribution < 1.29 is 22.7 Å². The lowest BCUT2D eigenvalue weighted by Gasteiger charge is -2.43. The van der Waals surface area contributed by atoms with E-state index in [0.29, 0.717) is 23.8 Å². The second kappa shape index (κ2) is 8.90. The highest BCUT2D eigenvalue weighted by Gasteiger charge is 2.55. The third-order valence-corrected chi connectivity index (χ3v) is 8.64. The molecular weight excluding hydrogens is 479 g/mol. The first-order valence-corrected chi connectivity index (χ1v) is 13.8. The van der Waals surface area contributed by atoms with Gasteiger partial charge in [0.15, 0.2) is 9.84 Å². The molecule has 1 aliphatic carbocycles. The maximum atomic E-state index is 15.0. The van der Waals surface area contributed by atoms with E-state index in [2.05, 4.69) is 18.7 Å². The number of fused-ring (bicyclic) bond motifs is 1. The van der Waals surface area contributed by atoms with Crippen molar-refractivity contribution in [1.82, 2.24) is 4.90 Å². The van der Waals surface area contributed by atoms with E-state index in [0.717, 1.165) is 38.3 Å². The van der Waals surface area contributed by atoms with Gasteiger partial charge in [0.2, 0.25) is 5.60 Å². The highest BCUT2D eigenvalue weighted by Crippen LogP contribution is 2.50. The fraction of sp³-hybridized carbons (Fsp3) is 0.480. The number of hydrogen-bond acceptors (Lipinski definition) is 5. The van der Waals surface area contributed by atoms with Gasteiger partial charge in [-0.15, -0.1) is 0 Å². The van der Waals surface area contributed by atoms with Crippen molar-refractivity contribution in [3.05, 3.63) is 57.9 Å². The molecule has 1 N–H and O–H groups in total. The normalized spacial score (nSPS) is 24.5. The van der Waals surface area contributed by atoms with Crippen molar-refractivity contribution in [3.63, 3.8) is 0 Å². The zero-order valence-corrected chi connectivity index (χ0v) is 21.4. The molecule has 4 rings (SSSR count). The number of sulfone groups is 1. The van der Waals surface area contributed by atoms with Crippen LogP contribution in [0.4, 0.5) is 10.1 Å². The Morgan fingerprint density at radius 3 is 2.41 bits per heavy atom. The maximum absolute atomic E-state index is 15.0. The van der Waals surface area contributed by atoms with Gasteiger partial charge in [0, 0.05) is 24.4 Å². The van der Waals surface area contributed by atoms with Crippen molar-refractivity contribution in [2.24, 2.45) is 5.92 Å². The Balaban J connectivity index is 1.81.